The first-order valence-electron chi connectivity index (χ1n) is 8.36. The zero-order valence-corrected chi connectivity index (χ0v) is 16.0. The number of rotatable bonds is 6. The Morgan fingerprint density at radius 1 is 1.09 bits per heavy atom. The second-order valence-electron chi connectivity index (χ2n) is 7.88. The van der Waals surface area contributed by atoms with Gasteiger partial charge in [-0.15, -0.1) is 0 Å². The molecule has 4 heteroatoms. The maximum atomic E-state index is 10.2. The predicted molar refractivity (Wildman–Crippen MR) is 96.8 cm³/mol. The van der Waals surface area contributed by atoms with Crippen LogP contribution in [0.3, 0.4) is 0 Å². The Labute approximate surface area is 141 Å². The van der Waals surface area contributed by atoms with Gasteiger partial charge >= 0.3 is 0 Å². The summed E-state index contributed by atoms with van der Waals surface area (Å²) in [5.74, 6) is -0.0205. The summed E-state index contributed by atoms with van der Waals surface area (Å²) in [7, 11) is -1.86. The average molecular weight is 335 g/mol. The van der Waals surface area contributed by atoms with Gasteiger partial charge in [0.05, 0.1) is 25.4 Å². The fourth-order valence-electron chi connectivity index (χ4n) is 2.43. The van der Waals surface area contributed by atoms with Crippen LogP contribution in [0.1, 0.15) is 26.3 Å². The van der Waals surface area contributed by atoms with Crippen LogP contribution in [-0.4, -0.2) is 32.2 Å². The molecule has 3 atom stereocenters. The van der Waals surface area contributed by atoms with Gasteiger partial charge in [-0.2, -0.15) is 0 Å². The van der Waals surface area contributed by atoms with Crippen molar-refractivity contribution in [1.82, 2.24) is 0 Å². The molecule has 0 heterocycles. The minimum atomic E-state index is -1.86. The lowest BCUT2D eigenvalue weighted by Gasteiger charge is -2.39. The monoisotopic (exact) mass is 334 g/mol. The highest BCUT2D eigenvalue weighted by molar-refractivity contribution is 6.74. The molecule has 0 bridgehead atoms. The largest absolute Gasteiger partial charge is 0.410 e. The number of aliphatic hydroxyl groups is 1. The van der Waals surface area contributed by atoms with Gasteiger partial charge in [-0.05, 0) is 23.7 Å². The molecule has 23 heavy (non-hydrogen) atoms. The Hall–Kier alpha value is -0.943. The second kappa shape index (κ2) is 7.30. The number of ether oxygens (including phenoxy) is 1. The number of benzene rings is 1. The van der Waals surface area contributed by atoms with Gasteiger partial charge in [-0.3, -0.25) is 0 Å². The molecule has 0 amide bonds. The highest BCUT2D eigenvalue weighted by Crippen LogP contribution is 2.39. The van der Waals surface area contributed by atoms with E-state index in [-0.39, 0.29) is 17.1 Å². The van der Waals surface area contributed by atoms with E-state index in [0.717, 1.165) is 5.56 Å². The predicted octanol–water partition coefficient (Wildman–Crippen LogP) is 4.14. The molecule has 0 spiro atoms. The van der Waals surface area contributed by atoms with Crippen molar-refractivity contribution in [3.63, 3.8) is 0 Å². The van der Waals surface area contributed by atoms with Gasteiger partial charge in [-0.25, -0.2) is 0 Å². The highest BCUT2D eigenvalue weighted by Gasteiger charge is 2.42. The molecular weight excluding hydrogens is 304 g/mol. The van der Waals surface area contributed by atoms with Crippen molar-refractivity contribution in [3.05, 3.63) is 48.0 Å². The van der Waals surface area contributed by atoms with E-state index in [0.29, 0.717) is 13.2 Å². The molecule has 128 valence electrons. The normalized spacial score (nSPS) is 25.0. The molecule has 1 aromatic rings. The SMILES string of the molecule is CC(C)(C)[Si](C)(C)O[C@H]1C=C[C@@H](O)[C@@H]1COCc1ccccc1. The maximum Gasteiger partial charge on any atom is 0.192 e. The van der Waals surface area contributed by atoms with Gasteiger partial charge < -0.3 is 14.3 Å². The summed E-state index contributed by atoms with van der Waals surface area (Å²) in [6.07, 6.45) is 3.30. The molecular formula is C19H30O3Si. The van der Waals surface area contributed by atoms with Gasteiger partial charge in [0.2, 0.25) is 0 Å². The third kappa shape index (κ3) is 4.77. The molecule has 3 nitrogen and oxygen atoms in total. The summed E-state index contributed by atoms with van der Waals surface area (Å²) >= 11 is 0. The molecule has 0 fully saturated rings. The minimum absolute atomic E-state index is 0.0205. The maximum absolute atomic E-state index is 10.2. The number of aliphatic hydroxyl groups excluding tert-OH is 1. The van der Waals surface area contributed by atoms with Crippen molar-refractivity contribution in [1.29, 1.82) is 0 Å². The summed E-state index contributed by atoms with van der Waals surface area (Å²) in [5.41, 5.74) is 1.15. The van der Waals surface area contributed by atoms with Gasteiger partial charge in [0.25, 0.3) is 0 Å². The first-order chi connectivity index (χ1) is 10.7. The minimum Gasteiger partial charge on any atom is -0.410 e. The zero-order valence-electron chi connectivity index (χ0n) is 15.0. The lowest BCUT2D eigenvalue weighted by atomic mass is 10.0. The second-order valence-corrected chi connectivity index (χ2v) is 12.6. The number of hydrogen-bond acceptors (Lipinski definition) is 3. The van der Waals surface area contributed by atoms with E-state index in [9.17, 15) is 5.11 Å². The summed E-state index contributed by atoms with van der Waals surface area (Å²) in [5, 5.41) is 10.4. The van der Waals surface area contributed by atoms with Crippen molar-refractivity contribution in [2.24, 2.45) is 5.92 Å². The van der Waals surface area contributed by atoms with Crippen LogP contribution in [-0.2, 0) is 15.8 Å². The van der Waals surface area contributed by atoms with Crippen LogP contribution in [0.15, 0.2) is 42.5 Å². The van der Waals surface area contributed by atoms with E-state index in [1.165, 1.54) is 0 Å². The standard InChI is InChI=1S/C19H30O3Si/c1-19(2,3)23(4,5)22-18-12-11-17(20)16(18)14-21-13-15-9-7-6-8-10-15/h6-12,16-18,20H,13-14H2,1-5H3/t16-,17+,18-/m0/s1. The zero-order chi connectivity index (χ0) is 17.1. The highest BCUT2D eigenvalue weighted by atomic mass is 28.4. The lowest BCUT2D eigenvalue weighted by Crippen LogP contribution is -2.46. The topological polar surface area (TPSA) is 38.7 Å². The lowest BCUT2D eigenvalue weighted by molar-refractivity contribution is 0.00461. The van der Waals surface area contributed by atoms with E-state index in [4.69, 9.17) is 9.16 Å². The Bertz CT molecular complexity index is 519. The van der Waals surface area contributed by atoms with Crippen LogP contribution in [0, 0.1) is 5.92 Å². The molecule has 1 aliphatic rings. The fraction of sp³-hybridized carbons (Fsp3) is 0.579. The fourth-order valence-corrected chi connectivity index (χ4v) is 3.71. The molecule has 1 aliphatic carbocycles. The molecule has 0 saturated heterocycles. The van der Waals surface area contributed by atoms with Crippen molar-refractivity contribution in [2.75, 3.05) is 6.61 Å². The van der Waals surface area contributed by atoms with Gasteiger partial charge in [-0.1, -0.05) is 63.3 Å². The van der Waals surface area contributed by atoms with E-state index >= 15 is 0 Å². The Kier molecular flexibility index (Phi) is 5.84. The van der Waals surface area contributed by atoms with Crippen LogP contribution >= 0.6 is 0 Å². The van der Waals surface area contributed by atoms with Gasteiger partial charge in [0.15, 0.2) is 8.32 Å². The first-order valence-corrected chi connectivity index (χ1v) is 11.3. The molecule has 2 rings (SSSR count). The molecule has 0 aromatic heterocycles. The Morgan fingerprint density at radius 3 is 2.35 bits per heavy atom. The van der Waals surface area contributed by atoms with E-state index < -0.39 is 14.4 Å². The van der Waals surface area contributed by atoms with Crippen LogP contribution in [0.25, 0.3) is 0 Å². The molecule has 1 aromatic carbocycles. The van der Waals surface area contributed by atoms with Gasteiger partial charge in [0, 0.05) is 5.92 Å². The quantitative estimate of drug-likeness (QED) is 0.628. The Morgan fingerprint density at radius 2 is 1.74 bits per heavy atom. The molecule has 0 unspecified atom stereocenters. The van der Waals surface area contributed by atoms with E-state index in [1.54, 1.807) is 0 Å². The smallest absolute Gasteiger partial charge is 0.192 e. The van der Waals surface area contributed by atoms with E-state index in [2.05, 4.69) is 33.9 Å². The first kappa shape index (κ1) is 18.4. The number of hydrogen-bond donors (Lipinski definition) is 1. The van der Waals surface area contributed by atoms with Crippen molar-refractivity contribution in [2.45, 2.75) is 57.7 Å². The van der Waals surface area contributed by atoms with Crippen LogP contribution in [0.4, 0.5) is 0 Å². The van der Waals surface area contributed by atoms with Gasteiger partial charge in [0.1, 0.15) is 0 Å². The van der Waals surface area contributed by atoms with Crippen molar-refractivity contribution < 1.29 is 14.3 Å². The van der Waals surface area contributed by atoms with E-state index in [1.807, 2.05) is 42.5 Å². The molecule has 0 saturated carbocycles. The average Bonchev–Trinajstić information content (AvgIpc) is 2.79. The third-order valence-corrected chi connectivity index (χ3v) is 9.49. The summed E-state index contributed by atoms with van der Waals surface area (Å²) in [6, 6.07) is 10.1. The van der Waals surface area contributed by atoms with Crippen LogP contribution < -0.4 is 0 Å². The van der Waals surface area contributed by atoms with Crippen molar-refractivity contribution in [3.8, 4) is 0 Å². The third-order valence-electron chi connectivity index (χ3n) is 5.02. The van der Waals surface area contributed by atoms with Crippen molar-refractivity contribution >= 4 is 8.32 Å². The molecule has 0 radical (unpaired) electrons. The summed E-state index contributed by atoms with van der Waals surface area (Å²) < 4.78 is 12.3. The molecule has 0 aliphatic heterocycles. The van der Waals surface area contributed by atoms with Crippen LogP contribution in [0.2, 0.25) is 18.1 Å². The Balaban J connectivity index is 1.92. The molecule has 1 N–H and O–H groups in total. The summed E-state index contributed by atoms with van der Waals surface area (Å²) in [6.45, 7) is 12.2. The summed E-state index contributed by atoms with van der Waals surface area (Å²) in [4.78, 5) is 0. The van der Waals surface area contributed by atoms with Crippen LogP contribution in [0.5, 0.6) is 0 Å².